The first kappa shape index (κ1) is 13.8. The fourth-order valence-electron chi connectivity index (χ4n) is 1.67. The molecule has 98 valence electrons. The summed E-state index contributed by atoms with van der Waals surface area (Å²) in [5, 5.41) is 11.6. The van der Waals surface area contributed by atoms with Crippen LogP contribution in [0.2, 0.25) is 0 Å². The summed E-state index contributed by atoms with van der Waals surface area (Å²) in [6.45, 7) is 0. The molecule has 0 aliphatic rings. The van der Waals surface area contributed by atoms with Gasteiger partial charge in [-0.1, -0.05) is 11.5 Å². The van der Waals surface area contributed by atoms with Crippen molar-refractivity contribution in [2.45, 2.75) is 0 Å². The number of benzene rings is 2. The minimum atomic E-state index is -1.56. The average molecular weight is 269 g/mol. The molecule has 0 bridgehead atoms. The smallest absolute Gasteiger partial charge is 0.377 e. The number of carbonyl (C=O) groups is 2. The van der Waals surface area contributed by atoms with E-state index in [1.54, 1.807) is 0 Å². The van der Waals surface area contributed by atoms with E-state index in [-0.39, 0.29) is 11.3 Å². The van der Waals surface area contributed by atoms with Crippen molar-refractivity contribution >= 4 is 36.4 Å². The number of hydrogen-bond donors (Lipinski definition) is 2. The first-order valence-corrected chi connectivity index (χ1v) is 5.67. The van der Waals surface area contributed by atoms with Crippen LogP contribution in [0.15, 0.2) is 42.5 Å². The second-order valence-corrected chi connectivity index (χ2v) is 4.07. The molecule has 2 N–H and O–H groups in total. The van der Waals surface area contributed by atoms with Gasteiger partial charge in [0.1, 0.15) is 13.7 Å². The van der Waals surface area contributed by atoms with Crippen LogP contribution in [0.3, 0.4) is 0 Å². The number of hydrogen-bond acceptors (Lipinski definition) is 3. The highest BCUT2D eigenvalue weighted by Crippen LogP contribution is 2.20. The fourth-order valence-corrected chi connectivity index (χ4v) is 1.67. The number of ketones is 1. The molecule has 4 nitrogen and oxygen atoms in total. The van der Waals surface area contributed by atoms with Gasteiger partial charge in [-0.15, -0.1) is 0 Å². The van der Waals surface area contributed by atoms with E-state index < -0.39 is 17.6 Å². The third-order valence-electron chi connectivity index (χ3n) is 2.61. The van der Waals surface area contributed by atoms with E-state index in [9.17, 15) is 14.0 Å². The molecule has 0 amide bonds. The molecule has 20 heavy (non-hydrogen) atoms. The lowest BCUT2D eigenvalue weighted by Crippen LogP contribution is -2.16. The Morgan fingerprint density at radius 1 is 1.10 bits per heavy atom. The van der Waals surface area contributed by atoms with Crippen molar-refractivity contribution in [1.82, 2.24) is 0 Å². The fraction of sp³-hybridized carbons (Fsp3) is 0. The zero-order valence-corrected chi connectivity index (χ0v) is 10.3. The number of carbonyl (C=O) groups excluding carboxylic acids is 1. The predicted molar refractivity (Wildman–Crippen MR) is 73.5 cm³/mol. The van der Waals surface area contributed by atoms with Crippen LogP contribution < -0.4 is 10.8 Å². The Labute approximate surface area is 115 Å². The van der Waals surface area contributed by atoms with Crippen LogP contribution >= 0.6 is 0 Å². The molecule has 0 fully saturated rings. The van der Waals surface area contributed by atoms with Crippen LogP contribution in [-0.4, -0.2) is 24.7 Å². The van der Waals surface area contributed by atoms with Crippen molar-refractivity contribution in [3.8, 4) is 0 Å². The lowest BCUT2D eigenvalue weighted by Gasteiger charge is -2.11. The van der Waals surface area contributed by atoms with E-state index in [1.165, 1.54) is 42.5 Å². The molecule has 2 rings (SSSR count). The SMILES string of the molecule is [B]c1ccc(C(=O)C(=O)O)c(Nc2ccc(F)cc2)c1. The Bertz CT molecular complexity index is 671. The predicted octanol–water partition coefficient (Wildman–Crippen LogP) is 1.63. The molecule has 0 spiro atoms. The molecule has 0 heterocycles. The summed E-state index contributed by atoms with van der Waals surface area (Å²) in [5.41, 5.74) is 1.12. The van der Waals surface area contributed by atoms with Crippen molar-refractivity contribution in [1.29, 1.82) is 0 Å². The van der Waals surface area contributed by atoms with Crippen LogP contribution in [-0.2, 0) is 4.79 Å². The van der Waals surface area contributed by atoms with Gasteiger partial charge in [0.15, 0.2) is 0 Å². The first-order chi connectivity index (χ1) is 9.47. The van der Waals surface area contributed by atoms with E-state index in [0.717, 1.165) is 0 Å². The minimum absolute atomic E-state index is 0.0176. The van der Waals surface area contributed by atoms with E-state index in [4.69, 9.17) is 13.0 Å². The molecule has 6 heteroatoms. The van der Waals surface area contributed by atoms with Crippen LogP contribution in [0.5, 0.6) is 0 Å². The third kappa shape index (κ3) is 3.03. The van der Waals surface area contributed by atoms with Gasteiger partial charge < -0.3 is 10.4 Å². The molecule has 0 saturated heterocycles. The standard InChI is InChI=1S/C14H9BFNO3/c15-8-1-6-11(13(18)14(19)20)12(7-8)17-10-4-2-9(16)3-5-10/h1-7,17H,(H,19,20). The molecule has 0 aliphatic carbocycles. The van der Waals surface area contributed by atoms with Crippen molar-refractivity contribution < 1.29 is 19.1 Å². The van der Waals surface area contributed by atoms with Crippen LogP contribution in [0, 0.1) is 5.82 Å². The minimum Gasteiger partial charge on any atom is -0.475 e. The van der Waals surface area contributed by atoms with Crippen LogP contribution in [0.25, 0.3) is 0 Å². The third-order valence-corrected chi connectivity index (χ3v) is 2.61. The molecular formula is C14H9BFNO3. The second-order valence-electron chi connectivity index (χ2n) is 4.07. The Balaban J connectivity index is 2.39. The van der Waals surface area contributed by atoms with Gasteiger partial charge in [0.05, 0.1) is 5.56 Å². The summed E-state index contributed by atoms with van der Waals surface area (Å²) in [4.78, 5) is 22.4. The highest BCUT2D eigenvalue weighted by Gasteiger charge is 2.18. The summed E-state index contributed by atoms with van der Waals surface area (Å²) in [6, 6.07) is 9.63. The maximum atomic E-state index is 12.8. The van der Waals surface area contributed by atoms with Gasteiger partial charge in [-0.3, -0.25) is 4.79 Å². The van der Waals surface area contributed by atoms with Crippen molar-refractivity contribution in [2.24, 2.45) is 0 Å². The summed E-state index contributed by atoms with van der Waals surface area (Å²) in [6.07, 6.45) is 0. The Kier molecular flexibility index (Phi) is 3.84. The largest absolute Gasteiger partial charge is 0.475 e. The number of anilines is 2. The van der Waals surface area contributed by atoms with Gasteiger partial charge >= 0.3 is 5.97 Å². The molecular weight excluding hydrogens is 260 g/mol. The molecule has 0 saturated carbocycles. The highest BCUT2D eigenvalue weighted by atomic mass is 19.1. The van der Waals surface area contributed by atoms with E-state index >= 15 is 0 Å². The van der Waals surface area contributed by atoms with E-state index in [0.29, 0.717) is 11.2 Å². The van der Waals surface area contributed by atoms with Gasteiger partial charge in [0, 0.05) is 11.4 Å². The monoisotopic (exact) mass is 269 g/mol. The molecule has 2 aromatic carbocycles. The molecule has 0 unspecified atom stereocenters. The number of halogens is 1. The average Bonchev–Trinajstić information content (AvgIpc) is 2.41. The number of carboxylic acids is 1. The molecule has 0 atom stereocenters. The maximum absolute atomic E-state index is 12.8. The quantitative estimate of drug-likeness (QED) is 0.503. The van der Waals surface area contributed by atoms with Crippen LogP contribution in [0.4, 0.5) is 15.8 Å². The Hall–Kier alpha value is -2.63. The number of aliphatic carboxylic acids is 1. The van der Waals surface area contributed by atoms with E-state index in [1.807, 2.05) is 0 Å². The number of Topliss-reactive ketones (excluding diaryl/α,β-unsaturated/α-hetero) is 1. The second kappa shape index (κ2) is 5.56. The molecule has 0 aromatic heterocycles. The topological polar surface area (TPSA) is 66.4 Å². The number of rotatable bonds is 4. The zero-order valence-electron chi connectivity index (χ0n) is 10.3. The normalized spacial score (nSPS) is 10.1. The van der Waals surface area contributed by atoms with Gasteiger partial charge in [-0.25, -0.2) is 9.18 Å². The zero-order chi connectivity index (χ0) is 14.7. The van der Waals surface area contributed by atoms with Crippen molar-refractivity contribution in [3.05, 3.63) is 53.8 Å². The summed E-state index contributed by atoms with van der Waals surface area (Å²) >= 11 is 0. The van der Waals surface area contributed by atoms with Crippen molar-refractivity contribution in [3.63, 3.8) is 0 Å². The maximum Gasteiger partial charge on any atom is 0.377 e. The Morgan fingerprint density at radius 3 is 2.35 bits per heavy atom. The van der Waals surface area contributed by atoms with Gasteiger partial charge in [0.25, 0.3) is 5.78 Å². The summed E-state index contributed by atoms with van der Waals surface area (Å²) in [5.74, 6) is -3.00. The highest BCUT2D eigenvalue weighted by molar-refractivity contribution is 6.41. The van der Waals surface area contributed by atoms with Gasteiger partial charge in [-0.05, 0) is 36.4 Å². The lowest BCUT2D eigenvalue weighted by atomic mass is 9.93. The lowest BCUT2D eigenvalue weighted by molar-refractivity contribution is -0.131. The Morgan fingerprint density at radius 2 is 1.75 bits per heavy atom. The van der Waals surface area contributed by atoms with E-state index in [2.05, 4.69) is 5.32 Å². The summed E-state index contributed by atoms with van der Waals surface area (Å²) < 4.78 is 12.8. The number of nitrogens with one attached hydrogen (secondary N) is 1. The summed E-state index contributed by atoms with van der Waals surface area (Å²) in [7, 11) is 5.62. The number of carboxylic acid groups (broad SMARTS) is 1. The molecule has 2 aromatic rings. The van der Waals surface area contributed by atoms with Gasteiger partial charge in [-0.2, -0.15) is 0 Å². The first-order valence-electron chi connectivity index (χ1n) is 5.67. The van der Waals surface area contributed by atoms with Crippen LogP contribution in [0.1, 0.15) is 10.4 Å². The van der Waals surface area contributed by atoms with Gasteiger partial charge in [0.2, 0.25) is 0 Å². The van der Waals surface area contributed by atoms with Crippen molar-refractivity contribution in [2.75, 3.05) is 5.32 Å². The molecule has 0 aliphatic heterocycles. The molecule has 2 radical (unpaired) electrons.